The molecule has 20 heavy (non-hydrogen) atoms. The maximum Gasteiger partial charge on any atom is 0.406 e. The quantitative estimate of drug-likeness (QED) is 0.662. The first-order valence-electron chi connectivity index (χ1n) is 6.42. The van der Waals surface area contributed by atoms with Gasteiger partial charge in [0, 0.05) is 27.1 Å². The van der Waals surface area contributed by atoms with Crippen molar-refractivity contribution in [3.63, 3.8) is 0 Å². The number of nitrogens with zero attached hydrogens (tertiary/aromatic N) is 4. The zero-order valence-electron chi connectivity index (χ0n) is 11.8. The minimum absolute atomic E-state index is 0.209. The standard InChI is InChI=1S/C12H18N4O4/c1-8-13-9(16(19)20)10(14(8)3)15-6-4-5-12(2,7-15)11(17)18/h4-7H2,1-3H3,(H,17,18). The molecule has 0 saturated carbocycles. The number of hydrogen-bond donors (Lipinski definition) is 1. The van der Waals surface area contributed by atoms with Crippen molar-refractivity contribution in [2.45, 2.75) is 26.7 Å². The first kappa shape index (κ1) is 14.3. The van der Waals surface area contributed by atoms with Crippen LogP contribution in [0.3, 0.4) is 0 Å². The highest BCUT2D eigenvalue weighted by atomic mass is 16.6. The highest BCUT2D eigenvalue weighted by molar-refractivity contribution is 5.75. The maximum absolute atomic E-state index is 11.4. The van der Waals surface area contributed by atoms with Crippen LogP contribution in [0, 0.1) is 22.5 Å². The fourth-order valence-electron chi connectivity index (χ4n) is 2.65. The van der Waals surface area contributed by atoms with E-state index < -0.39 is 16.3 Å². The van der Waals surface area contributed by atoms with Crippen LogP contribution in [-0.4, -0.2) is 38.6 Å². The van der Waals surface area contributed by atoms with Gasteiger partial charge in [0.15, 0.2) is 0 Å². The van der Waals surface area contributed by atoms with Crippen LogP contribution in [0.1, 0.15) is 25.6 Å². The molecule has 1 saturated heterocycles. The van der Waals surface area contributed by atoms with Crippen molar-refractivity contribution in [1.82, 2.24) is 9.55 Å². The summed E-state index contributed by atoms with van der Waals surface area (Å²) in [5.41, 5.74) is -0.885. The van der Waals surface area contributed by atoms with E-state index in [1.807, 2.05) is 0 Å². The fourth-order valence-corrected chi connectivity index (χ4v) is 2.65. The van der Waals surface area contributed by atoms with E-state index >= 15 is 0 Å². The van der Waals surface area contributed by atoms with E-state index in [9.17, 15) is 20.0 Å². The van der Waals surface area contributed by atoms with Crippen molar-refractivity contribution >= 4 is 17.6 Å². The second kappa shape index (κ2) is 4.77. The number of carboxylic acid groups (broad SMARTS) is 1. The Bertz CT molecular complexity index is 568. The van der Waals surface area contributed by atoms with Gasteiger partial charge in [-0.1, -0.05) is 0 Å². The third-order valence-electron chi connectivity index (χ3n) is 3.96. The highest BCUT2D eigenvalue weighted by Crippen LogP contribution is 2.36. The Morgan fingerprint density at radius 3 is 2.75 bits per heavy atom. The van der Waals surface area contributed by atoms with Crippen LogP contribution < -0.4 is 4.90 Å². The zero-order chi connectivity index (χ0) is 15.1. The lowest BCUT2D eigenvalue weighted by molar-refractivity contribution is -0.388. The molecule has 1 aromatic heterocycles. The first-order valence-corrected chi connectivity index (χ1v) is 6.42. The second-order valence-corrected chi connectivity index (χ2v) is 5.51. The predicted octanol–water partition coefficient (Wildman–Crippen LogP) is 1.33. The van der Waals surface area contributed by atoms with E-state index in [1.165, 1.54) is 0 Å². The van der Waals surface area contributed by atoms with E-state index in [4.69, 9.17) is 0 Å². The average molecular weight is 282 g/mol. The summed E-state index contributed by atoms with van der Waals surface area (Å²) in [6.07, 6.45) is 1.26. The van der Waals surface area contributed by atoms with Crippen molar-refractivity contribution < 1.29 is 14.8 Å². The van der Waals surface area contributed by atoms with Crippen LogP contribution in [0.15, 0.2) is 0 Å². The van der Waals surface area contributed by atoms with Crippen molar-refractivity contribution in [2.24, 2.45) is 12.5 Å². The number of carbonyl (C=O) groups is 1. The van der Waals surface area contributed by atoms with E-state index in [1.54, 1.807) is 30.4 Å². The molecule has 0 bridgehead atoms. The molecule has 1 aliphatic heterocycles. The molecule has 8 heteroatoms. The number of nitro groups is 1. The lowest BCUT2D eigenvalue weighted by Gasteiger charge is -2.38. The number of aryl methyl sites for hydroxylation is 1. The second-order valence-electron chi connectivity index (χ2n) is 5.51. The van der Waals surface area contributed by atoms with Gasteiger partial charge in [-0.25, -0.2) is 0 Å². The van der Waals surface area contributed by atoms with Crippen molar-refractivity contribution in [1.29, 1.82) is 0 Å². The highest BCUT2D eigenvalue weighted by Gasteiger charge is 2.41. The van der Waals surface area contributed by atoms with Gasteiger partial charge in [0.2, 0.25) is 11.6 Å². The summed E-state index contributed by atoms with van der Waals surface area (Å²) in [5, 5.41) is 20.4. The molecule has 0 aromatic carbocycles. The molecule has 2 heterocycles. The van der Waals surface area contributed by atoms with Crippen LogP contribution >= 0.6 is 0 Å². The third-order valence-corrected chi connectivity index (χ3v) is 3.96. The van der Waals surface area contributed by atoms with Crippen molar-refractivity contribution in [3.8, 4) is 0 Å². The van der Waals surface area contributed by atoms with Gasteiger partial charge in [0.25, 0.3) is 0 Å². The molecule has 1 aliphatic rings. The number of carboxylic acids is 1. The maximum atomic E-state index is 11.4. The molecular formula is C12H18N4O4. The van der Waals surface area contributed by atoms with E-state index in [2.05, 4.69) is 4.98 Å². The molecule has 1 aromatic rings. The smallest absolute Gasteiger partial charge is 0.406 e. The van der Waals surface area contributed by atoms with Crippen molar-refractivity contribution in [3.05, 3.63) is 15.9 Å². The zero-order valence-corrected chi connectivity index (χ0v) is 11.8. The van der Waals surface area contributed by atoms with Gasteiger partial charge in [-0.2, -0.15) is 0 Å². The molecule has 1 fully saturated rings. The molecule has 0 radical (unpaired) electrons. The Hall–Kier alpha value is -2.12. The summed E-state index contributed by atoms with van der Waals surface area (Å²) in [6.45, 7) is 4.22. The number of piperidine rings is 1. The van der Waals surface area contributed by atoms with Crippen LogP contribution in [0.5, 0.6) is 0 Å². The number of aliphatic carboxylic acids is 1. The van der Waals surface area contributed by atoms with Gasteiger partial charge < -0.3 is 20.1 Å². The Morgan fingerprint density at radius 2 is 2.20 bits per heavy atom. The number of aromatic nitrogens is 2. The Kier molecular flexibility index (Phi) is 3.41. The van der Waals surface area contributed by atoms with Gasteiger partial charge in [0.05, 0.1) is 5.41 Å². The minimum Gasteiger partial charge on any atom is -0.481 e. The van der Waals surface area contributed by atoms with Crippen LogP contribution in [-0.2, 0) is 11.8 Å². The van der Waals surface area contributed by atoms with E-state index in [0.29, 0.717) is 31.0 Å². The molecule has 1 N–H and O–H groups in total. The predicted molar refractivity (Wildman–Crippen MR) is 71.8 cm³/mol. The molecule has 0 spiro atoms. The topological polar surface area (TPSA) is 102 Å². The Morgan fingerprint density at radius 1 is 1.55 bits per heavy atom. The number of imidazole rings is 1. The molecule has 8 nitrogen and oxygen atoms in total. The lowest BCUT2D eigenvalue weighted by atomic mass is 9.82. The largest absolute Gasteiger partial charge is 0.481 e. The average Bonchev–Trinajstić information content (AvgIpc) is 2.66. The molecule has 0 aliphatic carbocycles. The van der Waals surface area contributed by atoms with Gasteiger partial charge in [0.1, 0.15) is 0 Å². The molecule has 1 atom stereocenters. The van der Waals surface area contributed by atoms with Crippen LogP contribution in [0.4, 0.5) is 11.6 Å². The minimum atomic E-state index is -0.885. The summed E-state index contributed by atoms with van der Waals surface area (Å²) < 4.78 is 1.64. The summed E-state index contributed by atoms with van der Waals surface area (Å²) >= 11 is 0. The number of rotatable bonds is 3. The van der Waals surface area contributed by atoms with Gasteiger partial charge >= 0.3 is 11.8 Å². The summed E-state index contributed by atoms with van der Waals surface area (Å²) in [7, 11) is 1.71. The number of anilines is 1. The Labute approximate surface area is 116 Å². The van der Waals surface area contributed by atoms with Gasteiger partial charge in [-0.15, -0.1) is 0 Å². The monoisotopic (exact) mass is 282 g/mol. The van der Waals surface area contributed by atoms with E-state index in [-0.39, 0.29) is 12.4 Å². The van der Waals surface area contributed by atoms with Crippen LogP contribution in [0.2, 0.25) is 0 Å². The van der Waals surface area contributed by atoms with Gasteiger partial charge in [-0.3, -0.25) is 9.36 Å². The molecular weight excluding hydrogens is 264 g/mol. The van der Waals surface area contributed by atoms with E-state index in [0.717, 1.165) is 0 Å². The summed E-state index contributed by atoms with van der Waals surface area (Å²) in [6, 6.07) is 0. The van der Waals surface area contributed by atoms with Crippen LogP contribution in [0.25, 0.3) is 0 Å². The third kappa shape index (κ3) is 2.21. The lowest BCUT2D eigenvalue weighted by Crippen LogP contribution is -2.46. The summed E-state index contributed by atoms with van der Waals surface area (Å²) in [4.78, 5) is 27.7. The molecule has 0 amide bonds. The normalized spacial score (nSPS) is 22.9. The molecule has 110 valence electrons. The van der Waals surface area contributed by atoms with Crippen molar-refractivity contribution in [2.75, 3.05) is 18.0 Å². The summed E-state index contributed by atoms with van der Waals surface area (Å²) in [5.74, 6) is -0.155. The fraction of sp³-hybridized carbons (Fsp3) is 0.667. The Balaban J connectivity index is 2.41. The SMILES string of the molecule is Cc1nc([N+](=O)[O-])c(N2CCCC(C)(C(=O)O)C2)n1C. The molecule has 1 unspecified atom stereocenters. The molecule has 2 rings (SSSR count). The first-order chi connectivity index (χ1) is 9.26. The van der Waals surface area contributed by atoms with Gasteiger partial charge in [-0.05, 0) is 29.7 Å². The number of hydrogen-bond acceptors (Lipinski definition) is 5.